The quantitative estimate of drug-likeness (QED) is 0.0412. The molecule has 0 spiro atoms. The number of methoxy groups -OCH3 is 1. The molecule has 4 aromatic rings. The Kier molecular flexibility index (Phi) is 18.1. The van der Waals surface area contributed by atoms with E-state index in [9.17, 15) is 64.5 Å². The number of hydrogen-bond acceptors (Lipinski definition) is 13. The Morgan fingerprint density at radius 1 is 0.797 bits per heavy atom. The normalized spacial score (nSPS) is 18.9. The van der Waals surface area contributed by atoms with E-state index in [0.29, 0.717) is 93.3 Å². The van der Waals surface area contributed by atoms with Gasteiger partial charge in [-0.1, -0.05) is 24.3 Å². The summed E-state index contributed by atoms with van der Waals surface area (Å²) in [5.41, 5.74) is -4.19. The van der Waals surface area contributed by atoms with Crippen molar-refractivity contribution in [2.45, 2.75) is 121 Å². The van der Waals surface area contributed by atoms with Crippen LogP contribution in [-0.2, 0) is 38.6 Å². The third-order valence-electron chi connectivity index (χ3n) is 14.6. The number of alkyl carbamates (subject to hydrolysis) is 1. The largest absolute Gasteiger partial charge is 0.465 e. The van der Waals surface area contributed by atoms with Crippen molar-refractivity contribution in [2.75, 3.05) is 44.9 Å². The molecule has 0 radical (unpaired) electrons. The van der Waals surface area contributed by atoms with Gasteiger partial charge in [0, 0.05) is 73.5 Å². The van der Waals surface area contributed by atoms with Crippen LogP contribution >= 0.6 is 0 Å². The van der Waals surface area contributed by atoms with E-state index in [2.05, 4.69) is 34.9 Å². The number of fused-ring (bicyclic) bond motifs is 2. The van der Waals surface area contributed by atoms with Crippen LogP contribution in [0.3, 0.4) is 0 Å². The van der Waals surface area contributed by atoms with Gasteiger partial charge < -0.3 is 40.5 Å². The third-order valence-corrected chi connectivity index (χ3v) is 14.6. The summed E-state index contributed by atoms with van der Waals surface area (Å²) >= 11 is 0. The van der Waals surface area contributed by atoms with Crippen LogP contribution in [-0.4, -0.2) is 165 Å². The highest BCUT2D eigenvalue weighted by atomic mass is 19.4. The van der Waals surface area contributed by atoms with Gasteiger partial charge >= 0.3 is 24.5 Å². The minimum Gasteiger partial charge on any atom is -0.465 e. The Hall–Kier alpha value is -6.85. The number of hydrazine groups is 1. The predicted molar refractivity (Wildman–Crippen MR) is 261 cm³/mol. The number of carbonyl (C=O) groups is 4. The minimum atomic E-state index is -5.28. The number of benzene rings is 2. The van der Waals surface area contributed by atoms with Crippen LogP contribution in [0.25, 0.3) is 22.4 Å². The number of hydrogen-bond donors (Lipinski definition) is 6. The molecule has 3 saturated heterocycles. The molecule has 3 aliphatic heterocycles. The Balaban J connectivity index is 1.20. The second-order valence-electron chi connectivity index (χ2n) is 20.8. The molecule has 0 saturated carbocycles. The molecule has 6 atom stereocenters. The number of carboxylic acid groups (broad SMARTS) is 1. The van der Waals surface area contributed by atoms with Crippen LogP contribution in [0.2, 0.25) is 0 Å². The van der Waals surface area contributed by atoms with Gasteiger partial charge in [0.15, 0.2) is 0 Å². The van der Waals surface area contributed by atoms with Crippen molar-refractivity contribution >= 4 is 29.9 Å². The zero-order valence-corrected chi connectivity index (χ0v) is 43.2. The Morgan fingerprint density at radius 2 is 1.37 bits per heavy atom. The number of carbonyl (C=O) groups excluding carboxylic acids is 3. The molecular formula is C50H59F10N11O8. The maximum atomic E-state index is 16.1. The molecule has 432 valence electrons. The number of piperazine rings is 1. The van der Waals surface area contributed by atoms with Crippen molar-refractivity contribution in [2.24, 2.45) is 10.8 Å². The molecule has 2 aromatic carbocycles. The van der Waals surface area contributed by atoms with Gasteiger partial charge in [-0.25, -0.2) is 42.1 Å². The first kappa shape index (κ1) is 59.8. The van der Waals surface area contributed by atoms with Crippen LogP contribution in [0.1, 0.15) is 51.7 Å². The number of ether oxygens (including phenoxy) is 2. The van der Waals surface area contributed by atoms with Crippen LogP contribution in [0, 0.1) is 22.5 Å². The topological polar surface area (TPSA) is 229 Å². The van der Waals surface area contributed by atoms with E-state index in [1.165, 1.54) is 23.5 Å². The summed E-state index contributed by atoms with van der Waals surface area (Å²) in [6, 6.07) is 2.99. The molecule has 29 heteroatoms. The van der Waals surface area contributed by atoms with Crippen LogP contribution in [0.5, 0.6) is 0 Å². The molecule has 2 bridgehead atoms. The van der Waals surface area contributed by atoms with Gasteiger partial charge in [0.05, 0.1) is 55.0 Å². The first-order valence-electron chi connectivity index (χ1n) is 24.8. The highest BCUT2D eigenvalue weighted by Gasteiger charge is 2.57. The zero-order valence-electron chi connectivity index (χ0n) is 43.2. The standard InChI is InChI=1S/C50H59F10N11O8/c1-47(2,49(55,56)57)40(65-46(77)78-5)42(73)63-37(14-26-6-8-27(9-7-26)29-17-61-44(62-18-29)68-19-30-10-11-31(20-68)71(30)32-24-79-25-32)38(72)22-70(67-43(74)41(64-45(75)76)48(3,4)50(58,59)60)21-33-34(51)15-28(16-35(33)52)36-12-13-69(66-36)23-39(53)54/h6-9,12-13,15-18,30-32,37-41,64,72H,10-11,14,19-25H2,1-5H3,(H,63,73)(H,65,77)(H,67,74)(H,75,76). The summed E-state index contributed by atoms with van der Waals surface area (Å²) in [5.74, 6) is -5.58. The van der Waals surface area contributed by atoms with Gasteiger partial charge in [0.2, 0.25) is 11.9 Å². The molecule has 4 amide bonds. The Bertz CT molecular complexity index is 2760. The second kappa shape index (κ2) is 23.9. The molecule has 6 unspecified atom stereocenters. The summed E-state index contributed by atoms with van der Waals surface area (Å²) in [4.78, 5) is 66.1. The summed E-state index contributed by atoms with van der Waals surface area (Å²) < 4.78 is 156. The number of anilines is 1. The average Bonchev–Trinajstić information content (AvgIpc) is 3.93. The van der Waals surface area contributed by atoms with Gasteiger partial charge in [-0.15, -0.1) is 0 Å². The van der Waals surface area contributed by atoms with Crippen molar-refractivity contribution in [1.82, 2.24) is 51.0 Å². The van der Waals surface area contributed by atoms with Crippen molar-refractivity contribution < 1.29 is 82.8 Å². The van der Waals surface area contributed by atoms with Crippen LogP contribution in [0.15, 0.2) is 61.1 Å². The molecule has 7 rings (SSSR count). The maximum Gasteiger partial charge on any atom is 0.407 e. The molecule has 2 aromatic heterocycles. The van der Waals surface area contributed by atoms with Gasteiger partial charge in [0.1, 0.15) is 30.3 Å². The minimum absolute atomic E-state index is 0.166. The van der Waals surface area contributed by atoms with Crippen molar-refractivity contribution in [3.63, 3.8) is 0 Å². The number of nitrogens with one attached hydrogen (secondary N) is 4. The maximum absolute atomic E-state index is 16.1. The third kappa shape index (κ3) is 13.8. The van der Waals surface area contributed by atoms with E-state index in [0.717, 1.165) is 43.9 Å². The summed E-state index contributed by atoms with van der Waals surface area (Å²) in [7, 11) is 0.817. The van der Waals surface area contributed by atoms with E-state index in [1.54, 1.807) is 24.5 Å². The van der Waals surface area contributed by atoms with E-state index in [1.807, 2.05) is 10.7 Å². The lowest BCUT2D eigenvalue weighted by Gasteiger charge is -2.47. The Morgan fingerprint density at radius 3 is 1.87 bits per heavy atom. The van der Waals surface area contributed by atoms with Gasteiger partial charge in [0.25, 0.3) is 12.3 Å². The lowest BCUT2D eigenvalue weighted by Crippen LogP contribution is -2.63. The molecule has 19 nitrogen and oxygen atoms in total. The number of halogens is 10. The van der Waals surface area contributed by atoms with Gasteiger partial charge in [-0.05, 0) is 76.3 Å². The fourth-order valence-electron chi connectivity index (χ4n) is 9.71. The van der Waals surface area contributed by atoms with E-state index < -0.39 is 121 Å². The van der Waals surface area contributed by atoms with Gasteiger partial charge in [-0.3, -0.25) is 24.6 Å². The fourth-order valence-corrected chi connectivity index (χ4v) is 9.71. The van der Waals surface area contributed by atoms with Crippen LogP contribution < -0.4 is 26.3 Å². The molecule has 6 N–H and O–H groups in total. The predicted octanol–water partition coefficient (Wildman–Crippen LogP) is 6.06. The average molecular weight is 1130 g/mol. The number of aliphatic hydroxyl groups excluding tert-OH is 1. The molecule has 79 heavy (non-hydrogen) atoms. The highest BCUT2D eigenvalue weighted by Crippen LogP contribution is 2.42. The first-order valence-corrected chi connectivity index (χ1v) is 24.8. The number of nitrogens with zero attached hydrogens (tertiary/aromatic N) is 7. The second-order valence-corrected chi connectivity index (χ2v) is 20.8. The number of amides is 4. The molecule has 3 aliphatic rings. The molecular weight excluding hydrogens is 1070 g/mol. The lowest BCUT2D eigenvalue weighted by atomic mass is 9.82. The SMILES string of the molecule is COC(=O)NC(C(=O)NC(Cc1ccc(-c2cnc(N3CC4CCC(C3)N4C3COC3)nc2)cc1)C(O)CN(Cc1c(F)cc(-c2ccn(CC(F)F)n2)cc1F)NC(=O)C(NC(=O)O)C(C)(C)C(F)(F)F)C(C)(C)C(F)(F)F. The van der Waals surface area contributed by atoms with E-state index in [-0.39, 0.29) is 16.8 Å². The fraction of sp³-hybridized carbons (Fsp3) is 0.540. The number of aromatic nitrogens is 4. The zero-order chi connectivity index (χ0) is 57.9. The van der Waals surface area contributed by atoms with Crippen molar-refractivity contribution in [3.8, 4) is 22.4 Å². The lowest BCUT2D eigenvalue weighted by molar-refractivity contribution is -0.221. The smallest absolute Gasteiger partial charge is 0.407 e. The summed E-state index contributed by atoms with van der Waals surface area (Å²) in [6.45, 7) is 1.88. The molecule has 0 aliphatic carbocycles. The summed E-state index contributed by atoms with van der Waals surface area (Å²) in [6.07, 6.45) is -13.1. The molecule has 3 fully saturated rings. The van der Waals surface area contributed by atoms with E-state index >= 15 is 8.78 Å². The number of aliphatic hydroxyl groups is 1. The molecule has 5 heterocycles. The monoisotopic (exact) mass is 1130 g/mol. The van der Waals surface area contributed by atoms with Crippen molar-refractivity contribution in [1.29, 1.82) is 0 Å². The van der Waals surface area contributed by atoms with Gasteiger partial charge in [-0.2, -0.15) is 31.4 Å². The van der Waals surface area contributed by atoms with Crippen molar-refractivity contribution in [3.05, 3.63) is 83.8 Å². The highest BCUT2D eigenvalue weighted by molar-refractivity contribution is 5.87. The summed E-state index contributed by atoms with van der Waals surface area (Å²) in [5, 5.41) is 31.6. The van der Waals surface area contributed by atoms with E-state index in [4.69, 9.17) is 4.74 Å². The van der Waals surface area contributed by atoms with Crippen LogP contribution in [0.4, 0.5) is 59.4 Å². The Labute approximate surface area is 446 Å². The first-order chi connectivity index (χ1) is 37.0. The number of rotatable bonds is 21. The number of alkyl halides is 8.